The summed E-state index contributed by atoms with van der Waals surface area (Å²) in [4.78, 5) is 54.4. The van der Waals surface area contributed by atoms with Gasteiger partial charge in [-0.15, -0.1) is 0 Å². The van der Waals surface area contributed by atoms with Crippen molar-refractivity contribution in [2.75, 3.05) is 32.8 Å². The van der Waals surface area contributed by atoms with E-state index < -0.39 is 23.5 Å². The number of piperidine rings is 2. The van der Waals surface area contributed by atoms with Crippen LogP contribution in [0.5, 0.6) is 0 Å². The van der Waals surface area contributed by atoms with Gasteiger partial charge < -0.3 is 29.1 Å². The van der Waals surface area contributed by atoms with E-state index >= 15 is 0 Å². The number of aryl methyl sites for hydroxylation is 1. The van der Waals surface area contributed by atoms with Crippen molar-refractivity contribution in [2.45, 2.75) is 91.2 Å². The Balaban J connectivity index is 1.46. The summed E-state index contributed by atoms with van der Waals surface area (Å²) in [5.74, 6) is -0.281. The van der Waals surface area contributed by atoms with Crippen LogP contribution in [0.2, 0.25) is 0 Å². The van der Waals surface area contributed by atoms with Gasteiger partial charge >= 0.3 is 12.1 Å². The predicted octanol–water partition coefficient (Wildman–Crippen LogP) is 3.24. The van der Waals surface area contributed by atoms with Crippen LogP contribution >= 0.6 is 0 Å². The van der Waals surface area contributed by atoms with Gasteiger partial charge in [0.15, 0.2) is 0 Å². The second-order valence-corrected chi connectivity index (χ2v) is 11.6. The number of likely N-dealkylation sites (tertiary alicyclic amines) is 2. The molecule has 3 rings (SSSR count). The molecule has 1 N–H and O–H groups in total. The highest BCUT2D eigenvalue weighted by molar-refractivity contribution is 5.86. The highest BCUT2D eigenvalue weighted by Crippen LogP contribution is 2.25. The highest BCUT2D eigenvalue weighted by atomic mass is 16.6. The molecule has 11 heteroatoms. The summed E-state index contributed by atoms with van der Waals surface area (Å²) in [6.07, 6.45) is 4.11. The van der Waals surface area contributed by atoms with Crippen LogP contribution < -0.4 is 5.32 Å². The smallest absolute Gasteiger partial charge is 0.410 e. The van der Waals surface area contributed by atoms with Crippen LogP contribution in [0.4, 0.5) is 4.79 Å². The Morgan fingerprint density at radius 1 is 1.13 bits per heavy atom. The topological polar surface area (TPSA) is 131 Å². The zero-order chi connectivity index (χ0) is 28.6. The van der Waals surface area contributed by atoms with E-state index in [0.717, 1.165) is 25.7 Å². The van der Waals surface area contributed by atoms with Crippen LogP contribution in [0.15, 0.2) is 10.6 Å². The maximum Gasteiger partial charge on any atom is 0.410 e. The van der Waals surface area contributed by atoms with E-state index in [-0.39, 0.29) is 30.9 Å². The Bertz CT molecular complexity index is 994. The lowest BCUT2D eigenvalue weighted by atomic mass is 9.91. The molecule has 39 heavy (non-hydrogen) atoms. The van der Waals surface area contributed by atoms with Gasteiger partial charge in [-0.1, -0.05) is 5.16 Å². The van der Waals surface area contributed by atoms with Crippen molar-refractivity contribution in [1.82, 2.24) is 20.3 Å². The third-order valence-corrected chi connectivity index (χ3v) is 7.15. The molecule has 0 unspecified atom stereocenters. The molecule has 0 saturated carbocycles. The number of carbonyl (C=O) groups excluding carboxylic acids is 4. The van der Waals surface area contributed by atoms with Crippen LogP contribution in [-0.2, 0) is 30.3 Å². The average Bonchev–Trinajstić information content (AvgIpc) is 3.30. The lowest BCUT2D eigenvalue weighted by Gasteiger charge is -2.35. The Morgan fingerprint density at radius 2 is 1.85 bits per heavy atom. The van der Waals surface area contributed by atoms with E-state index in [1.807, 2.05) is 20.8 Å². The van der Waals surface area contributed by atoms with Gasteiger partial charge in [0.25, 0.3) is 0 Å². The van der Waals surface area contributed by atoms with Crippen LogP contribution in [0.3, 0.4) is 0 Å². The average molecular weight is 549 g/mol. The van der Waals surface area contributed by atoms with Gasteiger partial charge in [0.2, 0.25) is 11.8 Å². The summed E-state index contributed by atoms with van der Waals surface area (Å²) in [5.41, 5.74) is 0.174. The number of carbonyl (C=O) groups is 4. The maximum atomic E-state index is 13.1. The minimum Gasteiger partial charge on any atom is -0.464 e. The molecular weight excluding hydrogens is 504 g/mol. The SMILES string of the molecule is CCOC(=O)[C@H](Cc1cc(C)no1)NC(=O)[C@@H]1CCCN(C(=O)CCC2CCN(C(=O)OC(C)(C)C)CC2)C1. The maximum absolute atomic E-state index is 13.1. The fourth-order valence-electron chi connectivity index (χ4n) is 5.07. The summed E-state index contributed by atoms with van der Waals surface area (Å²) in [5, 5.41) is 6.66. The Kier molecular flexibility index (Phi) is 10.8. The van der Waals surface area contributed by atoms with Gasteiger partial charge in [0.1, 0.15) is 17.4 Å². The van der Waals surface area contributed by atoms with Crippen LogP contribution in [-0.4, -0.2) is 83.3 Å². The summed E-state index contributed by atoms with van der Waals surface area (Å²) >= 11 is 0. The number of ether oxygens (including phenoxy) is 2. The second-order valence-electron chi connectivity index (χ2n) is 11.6. The Hall–Kier alpha value is -3.11. The van der Waals surface area contributed by atoms with Crippen molar-refractivity contribution in [1.29, 1.82) is 0 Å². The molecule has 0 aromatic carbocycles. The third kappa shape index (κ3) is 9.54. The van der Waals surface area contributed by atoms with Crippen molar-refractivity contribution in [3.05, 3.63) is 17.5 Å². The number of nitrogens with one attached hydrogen (secondary N) is 1. The van der Waals surface area contributed by atoms with Gasteiger partial charge in [0.05, 0.1) is 18.2 Å². The van der Waals surface area contributed by atoms with Gasteiger partial charge in [-0.05, 0) is 72.6 Å². The molecule has 0 radical (unpaired) electrons. The molecule has 3 heterocycles. The number of esters is 1. The quantitative estimate of drug-likeness (QED) is 0.466. The fraction of sp³-hybridized carbons (Fsp3) is 0.750. The van der Waals surface area contributed by atoms with E-state index in [4.69, 9.17) is 14.0 Å². The highest BCUT2D eigenvalue weighted by Gasteiger charge is 2.33. The van der Waals surface area contributed by atoms with Gasteiger partial charge in [-0.3, -0.25) is 9.59 Å². The molecule has 2 atom stereocenters. The second kappa shape index (κ2) is 13.8. The minimum absolute atomic E-state index is 0.0427. The molecule has 2 aliphatic heterocycles. The zero-order valence-corrected chi connectivity index (χ0v) is 24.0. The zero-order valence-electron chi connectivity index (χ0n) is 24.0. The van der Waals surface area contributed by atoms with Crippen molar-refractivity contribution in [3.63, 3.8) is 0 Å². The monoisotopic (exact) mass is 548 g/mol. The number of hydrogen-bond acceptors (Lipinski definition) is 8. The molecule has 1 aromatic heterocycles. The number of nitrogens with zero attached hydrogens (tertiary/aromatic N) is 3. The number of aromatic nitrogens is 1. The first-order valence-corrected chi connectivity index (χ1v) is 14.1. The fourth-order valence-corrected chi connectivity index (χ4v) is 5.07. The normalized spacial score (nSPS) is 19.4. The molecule has 1 aromatic rings. The summed E-state index contributed by atoms with van der Waals surface area (Å²) in [7, 11) is 0. The molecule has 2 saturated heterocycles. The van der Waals surface area contributed by atoms with Crippen LogP contribution in [0, 0.1) is 18.8 Å². The molecule has 3 amide bonds. The van der Waals surface area contributed by atoms with E-state index in [0.29, 0.717) is 56.4 Å². The predicted molar refractivity (Wildman–Crippen MR) is 143 cm³/mol. The molecule has 2 aliphatic rings. The first kappa shape index (κ1) is 30.4. The molecule has 0 spiro atoms. The largest absolute Gasteiger partial charge is 0.464 e. The molecule has 218 valence electrons. The van der Waals surface area contributed by atoms with Crippen LogP contribution in [0.25, 0.3) is 0 Å². The molecule has 11 nitrogen and oxygen atoms in total. The van der Waals surface area contributed by atoms with Crippen molar-refractivity contribution >= 4 is 23.9 Å². The Labute approximate surface area is 230 Å². The van der Waals surface area contributed by atoms with Gasteiger partial charge in [0, 0.05) is 45.1 Å². The minimum atomic E-state index is -0.887. The molecule has 0 bridgehead atoms. The molecule has 0 aliphatic carbocycles. The van der Waals surface area contributed by atoms with Crippen molar-refractivity contribution in [3.8, 4) is 0 Å². The van der Waals surface area contributed by atoms with Gasteiger partial charge in [-0.25, -0.2) is 9.59 Å². The van der Waals surface area contributed by atoms with Crippen molar-refractivity contribution < 1.29 is 33.2 Å². The summed E-state index contributed by atoms with van der Waals surface area (Å²) in [6.45, 7) is 11.5. The van der Waals surface area contributed by atoms with E-state index in [2.05, 4.69) is 10.5 Å². The first-order chi connectivity index (χ1) is 18.4. The van der Waals surface area contributed by atoms with Crippen molar-refractivity contribution in [2.24, 2.45) is 11.8 Å². The van der Waals surface area contributed by atoms with E-state index in [1.165, 1.54) is 0 Å². The van der Waals surface area contributed by atoms with Crippen LogP contribution in [0.1, 0.15) is 77.7 Å². The lowest BCUT2D eigenvalue weighted by Crippen LogP contribution is -2.50. The Morgan fingerprint density at radius 3 is 2.46 bits per heavy atom. The van der Waals surface area contributed by atoms with E-state index in [1.54, 1.807) is 29.7 Å². The number of rotatable bonds is 9. The van der Waals surface area contributed by atoms with E-state index in [9.17, 15) is 19.2 Å². The third-order valence-electron chi connectivity index (χ3n) is 7.15. The first-order valence-electron chi connectivity index (χ1n) is 14.1. The summed E-state index contributed by atoms with van der Waals surface area (Å²) < 4.78 is 15.8. The van der Waals surface area contributed by atoms with Gasteiger partial charge in [-0.2, -0.15) is 0 Å². The lowest BCUT2D eigenvalue weighted by molar-refractivity contribution is -0.148. The molecule has 2 fully saturated rings. The summed E-state index contributed by atoms with van der Waals surface area (Å²) in [6, 6.07) is 0.836. The number of amides is 3. The standard InChI is InChI=1S/C28H44N4O7/c1-6-37-26(35)23(17-22-16-19(2)30-39-22)29-25(34)21-8-7-13-32(18-21)24(33)10-9-20-11-14-31(15-12-20)27(36)38-28(3,4)5/h16,20-21,23H,6-15,17-18H2,1-5H3,(H,29,34)/t21-,23+/m1/s1. The number of hydrogen-bond donors (Lipinski definition) is 1. The molecular formula is C28H44N4O7.